The summed E-state index contributed by atoms with van der Waals surface area (Å²) in [4.78, 5) is 14.4. The van der Waals surface area contributed by atoms with Gasteiger partial charge >= 0.3 is 0 Å². The second kappa shape index (κ2) is 7.20. The van der Waals surface area contributed by atoms with Gasteiger partial charge in [-0.3, -0.25) is 4.79 Å². The second-order valence-electron chi connectivity index (χ2n) is 5.35. The van der Waals surface area contributed by atoms with Crippen LogP contribution in [0.25, 0.3) is 5.69 Å². The summed E-state index contributed by atoms with van der Waals surface area (Å²) >= 11 is 0. The van der Waals surface area contributed by atoms with Crippen LogP contribution >= 0.6 is 0 Å². The SMILES string of the molecule is CCCN(CCC)C(=O)c1cc(C)n(-c2ccc(F)cc2)n1. The van der Waals surface area contributed by atoms with E-state index in [1.807, 2.05) is 11.8 Å². The molecule has 0 aliphatic heterocycles. The smallest absolute Gasteiger partial charge is 0.274 e. The Hall–Kier alpha value is -2.17. The molecule has 4 nitrogen and oxygen atoms in total. The fourth-order valence-corrected chi connectivity index (χ4v) is 2.44. The molecule has 1 aromatic heterocycles. The van der Waals surface area contributed by atoms with Gasteiger partial charge in [0, 0.05) is 18.8 Å². The van der Waals surface area contributed by atoms with Crippen molar-refractivity contribution in [1.29, 1.82) is 0 Å². The number of hydrogen-bond donors (Lipinski definition) is 0. The highest BCUT2D eigenvalue weighted by Crippen LogP contribution is 2.14. The molecule has 1 aromatic carbocycles. The summed E-state index contributed by atoms with van der Waals surface area (Å²) in [6, 6.07) is 7.86. The van der Waals surface area contributed by atoms with E-state index in [0.717, 1.165) is 37.3 Å². The first-order valence-corrected chi connectivity index (χ1v) is 7.68. The first-order chi connectivity index (χ1) is 10.6. The van der Waals surface area contributed by atoms with Gasteiger partial charge in [-0.05, 0) is 50.1 Å². The number of hydrogen-bond acceptors (Lipinski definition) is 2. The number of aryl methyl sites for hydroxylation is 1. The van der Waals surface area contributed by atoms with Crippen molar-refractivity contribution in [3.63, 3.8) is 0 Å². The Balaban J connectivity index is 2.28. The first kappa shape index (κ1) is 16.2. The lowest BCUT2D eigenvalue weighted by Gasteiger charge is -2.20. The topological polar surface area (TPSA) is 38.1 Å². The van der Waals surface area contributed by atoms with Crippen LogP contribution in [0.5, 0.6) is 0 Å². The Morgan fingerprint density at radius 2 is 1.77 bits per heavy atom. The van der Waals surface area contributed by atoms with Crippen LogP contribution in [0.3, 0.4) is 0 Å². The molecule has 0 N–H and O–H groups in total. The summed E-state index contributed by atoms with van der Waals surface area (Å²) < 4.78 is 14.7. The molecule has 0 bridgehead atoms. The molecule has 2 aromatic rings. The molecule has 118 valence electrons. The third-order valence-corrected chi connectivity index (χ3v) is 3.45. The largest absolute Gasteiger partial charge is 0.337 e. The zero-order valence-corrected chi connectivity index (χ0v) is 13.3. The standard InChI is InChI=1S/C17H22FN3O/c1-4-10-20(11-5-2)17(22)16-12-13(3)21(19-16)15-8-6-14(18)7-9-15/h6-9,12H,4-5,10-11H2,1-3H3. The van der Waals surface area contributed by atoms with Gasteiger partial charge in [0.15, 0.2) is 5.69 Å². The van der Waals surface area contributed by atoms with Crippen molar-refractivity contribution >= 4 is 5.91 Å². The molecule has 1 heterocycles. The number of carbonyl (C=O) groups is 1. The molecule has 22 heavy (non-hydrogen) atoms. The maximum absolute atomic E-state index is 13.0. The van der Waals surface area contributed by atoms with E-state index in [2.05, 4.69) is 18.9 Å². The second-order valence-corrected chi connectivity index (χ2v) is 5.35. The maximum atomic E-state index is 13.0. The highest BCUT2D eigenvalue weighted by molar-refractivity contribution is 5.92. The van der Waals surface area contributed by atoms with Gasteiger partial charge in [-0.15, -0.1) is 0 Å². The van der Waals surface area contributed by atoms with Crippen LogP contribution in [0, 0.1) is 12.7 Å². The quantitative estimate of drug-likeness (QED) is 0.818. The number of halogens is 1. The average molecular weight is 303 g/mol. The molecule has 0 unspecified atom stereocenters. The Bertz CT molecular complexity index is 628. The molecule has 0 atom stereocenters. The Morgan fingerprint density at radius 3 is 2.32 bits per heavy atom. The van der Waals surface area contributed by atoms with Crippen LogP contribution in [0.1, 0.15) is 42.9 Å². The van der Waals surface area contributed by atoms with Gasteiger partial charge in [0.1, 0.15) is 5.82 Å². The Kier molecular flexibility index (Phi) is 5.31. The summed E-state index contributed by atoms with van der Waals surface area (Å²) in [5.74, 6) is -0.338. The monoisotopic (exact) mass is 303 g/mol. The van der Waals surface area contributed by atoms with E-state index >= 15 is 0 Å². The lowest BCUT2D eigenvalue weighted by Crippen LogP contribution is -2.32. The molecule has 0 saturated carbocycles. The van der Waals surface area contributed by atoms with Crippen LogP contribution in [0.15, 0.2) is 30.3 Å². The summed E-state index contributed by atoms with van der Waals surface area (Å²) in [6.07, 6.45) is 1.84. The fraction of sp³-hybridized carbons (Fsp3) is 0.412. The number of benzene rings is 1. The maximum Gasteiger partial charge on any atom is 0.274 e. The predicted molar refractivity (Wildman–Crippen MR) is 84.7 cm³/mol. The molecule has 5 heteroatoms. The van der Waals surface area contributed by atoms with Gasteiger partial charge < -0.3 is 4.90 Å². The Morgan fingerprint density at radius 1 is 1.18 bits per heavy atom. The van der Waals surface area contributed by atoms with Gasteiger partial charge in [0.05, 0.1) is 5.69 Å². The van der Waals surface area contributed by atoms with Crippen molar-refractivity contribution in [1.82, 2.24) is 14.7 Å². The predicted octanol–water partition coefficient (Wildman–Crippen LogP) is 3.58. The first-order valence-electron chi connectivity index (χ1n) is 7.68. The fourth-order valence-electron chi connectivity index (χ4n) is 2.44. The van der Waals surface area contributed by atoms with Crippen molar-refractivity contribution in [2.75, 3.05) is 13.1 Å². The molecule has 2 rings (SSSR count). The number of nitrogens with zero attached hydrogens (tertiary/aromatic N) is 3. The third kappa shape index (κ3) is 3.53. The minimum absolute atomic E-state index is 0.0485. The molecule has 0 aliphatic carbocycles. The van der Waals surface area contributed by atoms with Gasteiger partial charge in [-0.1, -0.05) is 13.8 Å². The summed E-state index contributed by atoms with van der Waals surface area (Å²) in [5, 5.41) is 4.40. The lowest BCUT2D eigenvalue weighted by atomic mass is 10.3. The van der Waals surface area contributed by atoms with Gasteiger partial charge in [0.25, 0.3) is 5.91 Å². The van der Waals surface area contributed by atoms with Crippen LogP contribution in [0.2, 0.25) is 0 Å². The van der Waals surface area contributed by atoms with Crippen LogP contribution < -0.4 is 0 Å². The molecular weight excluding hydrogens is 281 g/mol. The van der Waals surface area contributed by atoms with E-state index in [9.17, 15) is 9.18 Å². The molecular formula is C17H22FN3O. The average Bonchev–Trinajstić information content (AvgIpc) is 2.89. The van der Waals surface area contributed by atoms with E-state index in [0.29, 0.717) is 5.69 Å². The third-order valence-electron chi connectivity index (χ3n) is 3.45. The van der Waals surface area contributed by atoms with E-state index in [1.54, 1.807) is 22.9 Å². The van der Waals surface area contributed by atoms with Crippen molar-refractivity contribution in [2.45, 2.75) is 33.6 Å². The van der Waals surface area contributed by atoms with Crippen molar-refractivity contribution in [3.05, 3.63) is 47.5 Å². The molecule has 0 saturated heterocycles. The number of amides is 1. The van der Waals surface area contributed by atoms with Crippen LogP contribution in [0.4, 0.5) is 4.39 Å². The number of aromatic nitrogens is 2. The number of rotatable bonds is 6. The minimum Gasteiger partial charge on any atom is -0.337 e. The van der Waals surface area contributed by atoms with Crippen LogP contribution in [-0.2, 0) is 0 Å². The highest BCUT2D eigenvalue weighted by Gasteiger charge is 2.18. The molecule has 0 radical (unpaired) electrons. The van der Waals surface area contributed by atoms with Crippen molar-refractivity contribution in [3.8, 4) is 5.69 Å². The number of carbonyl (C=O) groups excluding carboxylic acids is 1. The minimum atomic E-state index is -0.290. The zero-order chi connectivity index (χ0) is 16.1. The van der Waals surface area contributed by atoms with Gasteiger partial charge in [0.2, 0.25) is 0 Å². The van der Waals surface area contributed by atoms with Gasteiger partial charge in [-0.2, -0.15) is 5.10 Å². The van der Waals surface area contributed by atoms with Crippen molar-refractivity contribution < 1.29 is 9.18 Å². The molecule has 0 aliphatic rings. The van der Waals surface area contributed by atoms with E-state index in [-0.39, 0.29) is 11.7 Å². The van der Waals surface area contributed by atoms with E-state index in [4.69, 9.17) is 0 Å². The Labute approximate surface area is 130 Å². The van der Waals surface area contributed by atoms with Crippen molar-refractivity contribution in [2.24, 2.45) is 0 Å². The molecule has 1 amide bonds. The normalized spacial score (nSPS) is 10.7. The lowest BCUT2D eigenvalue weighted by molar-refractivity contribution is 0.0749. The van der Waals surface area contributed by atoms with Crippen LogP contribution in [-0.4, -0.2) is 33.7 Å². The summed E-state index contributed by atoms with van der Waals surface area (Å²) in [7, 11) is 0. The molecule has 0 spiro atoms. The highest BCUT2D eigenvalue weighted by atomic mass is 19.1. The molecule has 0 fully saturated rings. The summed E-state index contributed by atoms with van der Waals surface area (Å²) in [5.41, 5.74) is 2.03. The zero-order valence-electron chi connectivity index (χ0n) is 13.3. The van der Waals surface area contributed by atoms with E-state index in [1.165, 1.54) is 12.1 Å². The summed E-state index contributed by atoms with van der Waals surface area (Å²) in [6.45, 7) is 7.46. The van der Waals surface area contributed by atoms with E-state index < -0.39 is 0 Å². The van der Waals surface area contributed by atoms with Gasteiger partial charge in [-0.25, -0.2) is 9.07 Å².